The van der Waals surface area contributed by atoms with Gasteiger partial charge in [-0.25, -0.2) is 0 Å². The highest BCUT2D eigenvalue weighted by Crippen LogP contribution is 2.36. The number of carbonyl (C=O) groups excluding carboxylic acids is 1. The first-order chi connectivity index (χ1) is 13.6. The largest absolute Gasteiger partial charge is 0.481 e. The zero-order valence-electron chi connectivity index (χ0n) is 16.0. The van der Waals surface area contributed by atoms with Gasteiger partial charge < -0.3 is 24.0 Å². The maximum absolute atomic E-state index is 12.7. The minimum atomic E-state index is -0.294. The molecule has 1 atom stereocenters. The number of methoxy groups -OCH3 is 2. The van der Waals surface area contributed by atoms with E-state index in [1.54, 1.807) is 37.1 Å². The van der Waals surface area contributed by atoms with Crippen LogP contribution < -0.4 is 14.4 Å². The van der Waals surface area contributed by atoms with Crippen LogP contribution in [-0.4, -0.2) is 72.8 Å². The number of ether oxygens (including phenoxy) is 3. The second-order valence-corrected chi connectivity index (χ2v) is 8.09. The molecule has 2 aromatic rings. The third kappa shape index (κ3) is 3.88. The van der Waals surface area contributed by atoms with E-state index in [1.165, 1.54) is 0 Å². The molecule has 2 saturated heterocycles. The molecule has 0 aromatic carbocycles. The molecule has 2 fully saturated rings. The maximum Gasteiger partial charge on any atom is 0.232 e. The molecule has 0 saturated carbocycles. The fourth-order valence-electron chi connectivity index (χ4n) is 3.74. The standard InChI is InChI=1S/C18H23N5O4S/c1-25-14-5-15(26-2)21-17(20-14)22-3-4-27-11-18(9-22)6-16(24)23(10-18)8-13-7-19-12-28-13/h5,7,12H,3-4,6,8-11H2,1-2H3/t18-/m1/s1. The van der Waals surface area contributed by atoms with Crippen molar-refractivity contribution in [1.82, 2.24) is 19.9 Å². The maximum atomic E-state index is 12.7. The number of hydrogen-bond donors (Lipinski definition) is 0. The van der Waals surface area contributed by atoms with E-state index in [9.17, 15) is 4.79 Å². The predicted octanol–water partition coefficient (Wildman–Crippen LogP) is 1.21. The van der Waals surface area contributed by atoms with E-state index in [1.807, 2.05) is 11.1 Å². The second kappa shape index (κ2) is 7.88. The Hall–Kier alpha value is -2.46. The van der Waals surface area contributed by atoms with Gasteiger partial charge in [0.15, 0.2) is 0 Å². The van der Waals surface area contributed by atoms with Gasteiger partial charge in [-0.15, -0.1) is 11.3 Å². The Balaban J connectivity index is 1.55. The second-order valence-electron chi connectivity index (χ2n) is 7.12. The van der Waals surface area contributed by atoms with Gasteiger partial charge in [0.2, 0.25) is 23.6 Å². The summed E-state index contributed by atoms with van der Waals surface area (Å²) in [6.45, 7) is 3.59. The van der Waals surface area contributed by atoms with Gasteiger partial charge in [0.1, 0.15) is 0 Å². The Morgan fingerprint density at radius 1 is 1.25 bits per heavy atom. The fraction of sp³-hybridized carbons (Fsp3) is 0.556. The Morgan fingerprint density at radius 3 is 2.71 bits per heavy atom. The Bertz CT molecular complexity index is 811. The summed E-state index contributed by atoms with van der Waals surface area (Å²) in [4.78, 5) is 30.8. The van der Waals surface area contributed by atoms with E-state index in [0.29, 0.717) is 63.5 Å². The molecule has 0 radical (unpaired) electrons. The number of likely N-dealkylation sites (tertiary alicyclic amines) is 1. The van der Waals surface area contributed by atoms with E-state index in [4.69, 9.17) is 14.2 Å². The average Bonchev–Trinajstić information content (AvgIpc) is 3.26. The summed E-state index contributed by atoms with van der Waals surface area (Å²) < 4.78 is 16.4. The van der Waals surface area contributed by atoms with Gasteiger partial charge in [-0.1, -0.05) is 0 Å². The average molecular weight is 405 g/mol. The number of carbonyl (C=O) groups is 1. The van der Waals surface area contributed by atoms with E-state index in [2.05, 4.69) is 19.9 Å². The van der Waals surface area contributed by atoms with Crippen LogP contribution in [0.5, 0.6) is 11.8 Å². The molecule has 10 heteroatoms. The molecule has 2 aliphatic heterocycles. The number of rotatable bonds is 5. The molecule has 2 aromatic heterocycles. The lowest BCUT2D eigenvalue weighted by atomic mass is 9.87. The van der Waals surface area contributed by atoms with E-state index < -0.39 is 0 Å². The van der Waals surface area contributed by atoms with Gasteiger partial charge in [-0.3, -0.25) is 9.78 Å². The van der Waals surface area contributed by atoms with Gasteiger partial charge in [0.25, 0.3) is 0 Å². The summed E-state index contributed by atoms with van der Waals surface area (Å²) in [7, 11) is 3.12. The first kappa shape index (κ1) is 18.9. The number of thiazole rings is 1. The van der Waals surface area contributed by atoms with Crippen LogP contribution in [0.1, 0.15) is 11.3 Å². The number of aromatic nitrogens is 3. The van der Waals surface area contributed by atoms with Crippen LogP contribution in [0.3, 0.4) is 0 Å². The molecule has 0 aliphatic carbocycles. The molecule has 28 heavy (non-hydrogen) atoms. The number of amides is 1. The lowest BCUT2D eigenvalue weighted by molar-refractivity contribution is -0.128. The van der Waals surface area contributed by atoms with Crippen LogP contribution in [-0.2, 0) is 16.1 Å². The van der Waals surface area contributed by atoms with Crippen molar-refractivity contribution in [2.24, 2.45) is 5.41 Å². The van der Waals surface area contributed by atoms with Crippen molar-refractivity contribution in [1.29, 1.82) is 0 Å². The Labute approximate surface area is 167 Å². The number of anilines is 1. The monoisotopic (exact) mass is 405 g/mol. The number of hydrogen-bond acceptors (Lipinski definition) is 9. The lowest BCUT2D eigenvalue weighted by Gasteiger charge is -2.31. The molecule has 4 rings (SSSR count). The summed E-state index contributed by atoms with van der Waals surface area (Å²) >= 11 is 1.56. The third-order valence-electron chi connectivity index (χ3n) is 5.04. The SMILES string of the molecule is COc1cc(OC)nc(N2CCOC[C@]3(CC(=O)N(Cc4cncs4)C3)C2)n1. The zero-order chi connectivity index (χ0) is 19.6. The molecule has 4 heterocycles. The van der Waals surface area contributed by atoms with Gasteiger partial charge >= 0.3 is 0 Å². The molecule has 150 valence electrons. The van der Waals surface area contributed by atoms with Crippen LogP contribution in [0.4, 0.5) is 5.95 Å². The van der Waals surface area contributed by atoms with Crippen molar-refractivity contribution in [3.05, 3.63) is 22.7 Å². The minimum Gasteiger partial charge on any atom is -0.481 e. The molecule has 0 bridgehead atoms. The van der Waals surface area contributed by atoms with Crippen molar-refractivity contribution < 1.29 is 19.0 Å². The van der Waals surface area contributed by atoms with Crippen molar-refractivity contribution in [3.63, 3.8) is 0 Å². The molecule has 1 amide bonds. The van der Waals surface area contributed by atoms with Crippen LogP contribution in [0.15, 0.2) is 17.8 Å². The molecule has 0 unspecified atom stereocenters. The lowest BCUT2D eigenvalue weighted by Crippen LogP contribution is -2.41. The van der Waals surface area contributed by atoms with Gasteiger partial charge in [-0.05, 0) is 0 Å². The van der Waals surface area contributed by atoms with Crippen LogP contribution in [0, 0.1) is 5.41 Å². The molecule has 2 aliphatic rings. The van der Waals surface area contributed by atoms with Crippen molar-refractivity contribution in [3.8, 4) is 11.8 Å². The van der Waals surface area contributed by atoms with Gasteiger partial charge in [0.05, 0.1) is 45.6 Å². The first-order valence-corrected chi connectivity index (χ1v) is 9.94. The highest BCUT2D eigenvalue weighted by atomic mass is 32.1. The highest BCUT2D eigenvalue weighted by Gasteiger charge is 2.46. The van der Waals surface area contributed by atoms with Gasteiger partial charge in [-0.2, -0.15) is 9.97 Å². The summed E-state index contributed by atoms with van der Waals surface area (Å²) in [6, 6.07) is 1.64. The highest BCUT2D eigenvalue weighted by molar-refractivity contribution is 7.09. The smallest absolute Gasteiger partial charge is 0.232 e. The van der Waals surface area contributed by atoms with Crippen LogP contribution in [0.2, 0.25) is 0 Å². The summed E-state index contributed by atoms with van der Waals surface area (Å²) in [5.74, 6) is 1.54. The Morgan fingerprint density at radius 2 is 2.04 bits per heavy atom. The van der Waals surface area contributed by atoms with Crippen LogP contribution >= 0.6 is 11.3 Å². The van der Waals surface area contributed by atoms with Crippen molar-refractivity contribution in [2.75, 3.05) is 52.0 Å². The summed E-state index contributed by atoms with van der Waals surface area (Å²) in [6.07, 6.45) is 2.26. The molecular weight excluding hydrogens is 382 g/mol. The molecular formula is C18H23N5O4S. The van der Waals surface area contributed by atoms with E-state index in [0.717, 1.165) is 4.88 Å². The fourth-order valence-corrected chi connectivity index (χ4v) is 4.35. The van der Waals surface area contributed by atoms with E-state index >= 15 is 0 Å². The zero-order valence-corrected chi connectivity index (χ0v) is 16.8. The summed E-state index contributed by atoms with van der Waals surface area (Å²) in [5, 5.41) is 0. The topological polar surface area (TPSA) is 89.9 Å². The Kier molecular flexibility index (Phi) is 5.31. The molecule has 9 nitrogen and oxygen atoms in total. The predicted molar refractivity (Wildman–Crippen MR) is 103 cm³/mol. The molecule has 0 N–H and O–H groups in total. The molecule has 1 spiro atoms. The quantitative estimate of drug-likeness (QED) is 0.733. The number of nitrogens with zero attached hydrogens (tertiary/aromatic N) is 5. The van der Waals surface area contributed by atoms with Crippen molar-refractivity contribution >= 4 is 23.2 Å². The van der Waals surface area contributed by atoms with Gasteiger partial charge in [0, 0.05) is 42.5 Å². The van der Waals surface area contributed by atoms with Crippen molar-refractivity contribution in [2.45, 2.75) is 13.0 Å². The van der Waals surface area contributed by atoms with E-state index in [-0.39, 0.29) is 11.3 Å². The minimum absolute atomic E-state index is 0.142. The normalized spacial score (nSPS) is 22.6. The van der Waals surface area contributed by atoms with Crippen LogP contribution in [0.25, 0.3) is 0 Å². The third-order valence-corrected chi connectivity index (χ3v) is 5.81. The first-order valence-electron chi connectivity index (χ1n) is 9.06. The summed E-state index contributed by atoms with van der Waals surface area (Å²) in [5.41, 5.74) is 1.49.